The van der Waals surface area contributed by atoms with E-state index in [9.17, 15) is 4.79 Å². The summed E-state index contributed by atoms with van der Waals surface area (Å²) < 4.78 is 1.07. The second-order valence-electron chi connectivity index (χ2n) is 6.08. The van der Waals surface area contributed by atoms with Crippen LogP contribution < -0.4 is 5.32 Å². The van der Waals surface area contributed by atoms with E-state index in [4.69, 9.17) is 0 Å². The summed E-state index contributed by atoms with van der Waals surface area (Å²) in [5.74, 6) is 0. The molecule has 1 unspecified atom stereocenters. The molecule has 2 amide bonds. The third kappa shape index (κ3) is 3.72. The Morgan fingerprint density at radius 1 is 1.32 bits per heavy atom. The molecule has 4 heteroatoms. The molecule has 0 radical (unpaired) electrons. The van der Waals surface area contributed by atoms with Crippen molar-refractivity contribution >= 4 is 22.0 Å². The maximum absolute atomic E-state index is 12.3. The lowest BCUT2D eigenvalue weighted by Crippen LogP contribution is -2.48. The summed E-state index contributed by atoms with van der Waals surface area (Å²) >= 11 is 3.44. The molecule has 1 heterocycles. The van der Waals surface area contributed by atoms with Crippen LogP contribution in [0.2, 0.25) is 0 Å². The normalized spacial score (nSPS) is 19.6. The van der Waals surface area contributed by atoms with Gasteiger partial charge in [-0.25, -0.2) is 4.79 Å². The summed E-state index contributed by atoms with van der Waals surface area (Å²) in [6.07, 6.45) is 2.11. The minimum Gasteiger partial charge on any atom is -0.333 e. The fraction of sp³-hybridized carbons (Fsp3) is 0.533. The van der Waals surface area contributed by atoms with Gasteiger partial charge < -0.3 is 10.2 Å². The molecule has 0 bridgehead atoms. The van der Waals surface area contributed by atoms with Crippen LogP contribution in [0.25, 0.3) is 0 Å². The van der Waals surface area contributed by atoms with Gasteiger partial charge >= 0.3 is 6.03 Å². The summed E-state index contributed by atoms with van der Waals surface area (Å²) in [6, 6.07) is 8.50. The lowest BCUT2D eigenvalue weighted by molar-refractivity contribution is 0.184. The summed E-state index contributed by atoms with van der Waals surface area (Å²) in [5.41, 5.74) is 1.02. The highest BCUT2D eigenvalue weighted by atomic mass is 79.9. The summed E-state index contributed by atoms with van der Waals surface area (Å²) in [6.45, 7) is 6.86. The number of benzene rings is 1. The average Bonchev–Trinajstić information content (AvgIpc) is 2.76. The Balaban J connectivity index is 2.12. The van der Waals surface area contributed by atoms with Gasteiger partial charge in [0, 0.05) is 16.6 Å². The van der Waals surface area contributed by atoms with Crippen LogP contribution in [-0.4, -0.2) is 23.0 Å². The molecular formula is C15H21BrN2O. The van der Waals surface area contributed by atoms with Gasteiger partial charge in [0.2, 0.25) is 0 Å². The van der Waals surface area contributed by atoms with Crippen LogP contribution in [-0.2, 0) is 0 Å². The molecule has 1 aliphatic heterocycles. The molecule has 3 nitrogen and oxygen atoms in total. The monoisotopic (exact) mass is 324 g/mol. The van der Waals surface area contributed by atoms with Gasteiger partial charge in [0.25, 0.3) is 0 Å². The molecule has 1 atom stereocenters. The third-order valence-electron chi connectivity index (χ3n) is 3.25. The Bertz CT molecular complexity index is 450. The maximum Gasteiger partial charge on any atom is 0.318 e. The quantitative estimate of drug-likeness (QED) is 0.828. The van der Waals surface area contributed by atoms with Crippen molar-refractivity contribution in [1.29, 1.82) is 0 Å². The van der Waals surface area contributed by atoms with E-state index in [1.165, 1.54) is 5.56 Å². The van der Waals surface area contributed by atoms with Gasteiger partial charge in [0.05, 0.1) is 6.04 Å². The molecule has 0 saturated carbocycles. The molecule has 2 rings (SSSR count). The maximum atomic E-state index is 12.3. The number of halogens is 1. The fourth-order valence-electron chi connectivity index (χ4n) is 2.43. The van der Waals surface area contributed by atoms with Gasteiger partial charge in [-0.05, 0) is 51.3 Å². The van der Waals surface area contributed by atoms with E-state index >= 15 is 0 Å². The molecule has 1 aromatic rings. The molecule has 1 aromatic carbocycles. The first-order valence-electron chi connectivity index (χ1n) is 6.71. The van der Waals surface area contributed by atoms with Crippen LogP contribution in [0.1, 0.15) is 45.2 Å². The van der Waals surface area contributed by atoms with E-state index in [2.05, 4.69) is 33.4 Å². The Hall–Kier alpha value is -1.03. The zero-order chi connectivity index (χ0) is 14.0. The van der Waals surface area contributed by atoms with Crippen molar-refractivity contribution in [1.82, 2.24) is 10.2 Å². The van der Waals surface area contributed by atoms with Crippen LogP contribution >= 0.6 is 15.9 Å². The zero-order valence-electron chi connectivity index (χ0n) is 11.7. The van der Waals surface area contributed by atoms with Gasteiger partial charge in [0.1, 0.15) is 0 Å². The number of likely N-dealkylation sites (tertiary alicyclic amines) is 1. The first-order valence-corrected chi connectivity index (χ1v) is 7.50. The first-order chi connectivity index (χ1) is 8.87. The average molecular weight is 325 g/mol. The van der Waals surface area contributed by atoms with E-state index in [1.54, 1.807) is 0 Å². The number of nitrogens with one attached hydrogen (secondary N) is 1. The van der Waals surface area contributed by atoms with Crippen molar-refractivity contribution in [3.63, 3.8) is 0 Å². The second kappa shape index (κ2) is 5.53. The Kier molecular flexibility index (Phi) is 4.19. The molecule has 0 aliphatic carbocycles. The SMILES string of the molecule is CC(C)(C)NC(=O)N1CCCC1c1ccc(Br)cc1. The highest BCUT2D eigenvalue weighted by molar-refractivity contribution is 9.10. The minimum atomic E-state index is -0.191. The van der Waals surface area contributed by atoms with Crippen LogP contribution in [0.4, 0.5) is 4.79 Å². The fourth-order valence-corrected chi connectivity index (χ4v) is 2.70. The number of carbonyl (C=O) groups excluding carboxylic acids is 1. The summed E-state index contributed by atoms with van der Waals surface area (Å²) in [4.78, 5) is 14.3. The van der Waals surface area contributed by atoms with Gasteiger partial charge in [-0.2, -0.15) is 0 Å². The number of hydrogen-bond acceptors (Lipinski definition) is 1. The Labute approximate surface area is 123 Å². The highest BCUT2D eigenvalue weighted by Gasteiger charge is 2.31. The van der Waals surface area contributed by atoms with Crippen molar-refractivity contribution in [2.45, 2.75) is 45.2 Å². The summed E-state index contributed by atoms with van der Waals surface area (Å²) in [5, 5.41) is 3.05. The van der Waals surface area contributed by atoms with Crippen molar-refractivity contribution < 1.29 is 4.79 Å². The lowest BCUT2D eigenvalue weighted by atomic mass is 10.0. The number of rotatable bonds is 1. The Morgan fingerprint density at radius 3 is 2.53 bits per heavy atom. The van der Waals surface area contributed by atoms with Gasteiger partial charge in [-0.3, -0.25) is 0 Å². The van der Waals surface area contributed by atoms with Crippen molar-refractivity contribution in [3.8, 4) is 0 Å². The topological polar surface area (TPSA) is 32.3 Å². The predicted octanol–water partition coefficient (Wildman–Crippen LogP) is 4.09. The van der Waals surface area contributed by atoms with Gasteiger partial charge in [-0.1, -0.05) is 28.1 Å². The molecule has 104 valence electrons. The second-order valence-corrected chi connectivity index (χ2v) is 7.00. The zero-order valence-corrected chi connectivity index (χ0v) is 13.3. The Morgan fingerprint density at radius 2 is 1.95 bits per heavy atom. The molecule has 1 N–H and O–H groups in total. The van der Waals surface area contributed by atoms with Crippen molar-refractivity contribution in [2.24, 2.45) is 0 Å². The molecule has 1 aliphatic rings. The molecule has 19 heavy (non-hydrogen) atoms. The van der Waals surface area contributed by atoms with E-state index in [1.807, 2.05) is 37.8 Å². The van der Waals surface area contributed by atoms with Gasteiger partial charge in [0.15, 0.2) is 0 Å². The molecule has 0 spiro atoms. The standard InChI is InChI=1S/C15H21BrN2O/c1-15(2,3)17-14(19)18-10-4-5-13(18)11-6-8-12(16)9-7-11/h6-9,13H,4-5,10H2,1-3H3,(H,17,19). The number of carbonyl (C=O) groups is 1. The molecular weight excluding hydrogens is 304 g/mol. The number of hydrogen-bond donors (Lipinski definition) is 1. The molecule has 0 aromatic heterocycles. The number of amides is 2. The van der Waals surface area contributed by atoms with E-state index in [0.29, 0.717) is 0 Å². The number of urea groups is 1. The smallest absolute Gasteiger partial charge is 0.318 e. The van der Waals surface area contributed by atoms with Crippen molar-refractivity contribution in [3.05, 3.63) is 34.3 Å². The number of nitrogens with zero attached hydrogens (tertiary/aromatic N) is 1. The van der Waals surface area contributed by atoms with Gasteiger partial charge in [-0.15, -0.1) is 0 Å². The third-order valence-corrected chi connectivity index (χ3v) is 3.78. The van der Waals surface area contributed by atoms with Crippen LogP contribution in [0.15, 0.2) is 28.7 Å². The van der Waals surface area contributed by atoms with E-state index in [0.717, 1.165) is 23.9 Å². The lowest BCUT2D eigenvalue weighted by Gasteiger charge is -2.30. The largest absolute Gasteiger partial charge is 0.333 e. The van der Waals surface area contributed by atoms with Crippen LogP contribution in [0.3, 0.4) is 0 Å². The van der Waals surface area contributed by atoms with E-state index in [-0.39, 0.29) is 17.6 Å². The minimum absolute atomic E-state index is 0.0397. The van der Waals surface area contributed by atoms with Crippen LogP contribution in [0, 0.1) is 0 Å². The van der Waals surface area contributed by atoms with Crippen LogP contribution in [0.5, 0.6) is 0 Å². The predicted molar refractivity (Wildman–Crippen MR) is 81.1 cm³/mol. The highest BCUT2D eigenvalue weighted by Crippen LogP contribution is 2.32. The summed E-state index contributed by atoms with van der Waals surface area (Å²) in [7, 11) is 0. The molecule has 1 saturated heterocycles. The van der Waals surface area contributed by atoms with Crippen molar-refractivity contribution in [2.75, 3.05) is 6.54 Å². The molecule has 1 fully saturated rings. The van der Waals surface area contributed by atoms with E-state index < -0.39 is 0 Å². The first kappa shape index (κ1) is 14.4.